The number of ether oxygens (including phenoxy) is 2. The lowest BCUT2D eigenvalue weighted by Crippen LogP contribution is -2.39. The van der Waals surface area contributed by atoms with E-state index in [4.69, 9.17) is 9.47 Å². The number of nitrogens with one attached hydrogen (secondary N) is 2. The summed E-state index contributed by atoms with van der Waals surface area (Å²) in [6.45, 7) is 2.12. The monoisotopic (exact) mass is 358 g/mol. The number of methoxy groups -OCH3 is 2. The number of amides is 2. The quantitative estimate of drug-likeness (QED) is 0.677. The van der Waals surface area contributed by atoms with Crippen molar-refractivity contribution < 1.29 is 19.4 Å². The Balaban J connectivity index is 1.87. The van der Waals surface area contributed by atoms with E-state index in [1.165, 1.54) is 0 Å². The number of aliphatic hydroxyl groups excluding tert-OH is 1. The van der Waals surface area contributed by atoms with Crippen molar-refractivity contribution in [1.82, 2.24) is 10.6 Å². The largest absolute Gasteiger partial charge is 0.497 e. The first-order valence-corrected chi connectivity index (χ1v) is 8.57. The van der Waals surface area contributed by atoms with Gasteiger partial charge in [0.15, 0.2) is 0 Å². The molecule has 0 radical (unpaired) electrons. The van der Waals surface area contributed by atoms with Crippen molar-refractivity contribution in [1.29, 1.82) is 0 Å². The highest BCUT2D eigenvalue weighted by molar-refractivity contribution is 5.74. The Labute approximate surface area is 154 Å². The molecule has 2 aromatic rings. The maximum atomic E-state index is 12.2. The molecule has 0 bridgehead atoms. The van der Waals surface area contributed by atoms with Crippen LogP contribution >= 0.6 is 0 Å². The van der Waals surface area contributed by atoms with Crippen molar-refractivity contribution in [3.8, 4) is 11.5 Å². The Morgan fingerprint density at radius 1 is 0.962 bits per heavy atom. The molecule has 0 aliphatic heterocycles. The van der Waals surface area contributed by atoms with E-state index in [-0.39, 0.29) is 18.6 Å². The Morgan fingerprint density at radius 3 is 1.92 bits per heavy atom. The molecule has 3 N–H and O–H groups in total. The van der Waals surface area contributed by atoms with Crippen LogP contribution in [0.5, 0.6) is 11.5 Å². The second-order valence-electron chi connectivity index (χ2n) is 5.88. The lowest BCUT2D eigenvalue weighted by molar-refractivity contribution is 0.172. The van der Waals surface area contributed by atoms with Gasteiger partial charge in [-0.05, 0) is 41.8 Å². The van der Waals surface area contributed by atoms with Crippen LogP contribution in [0.25, 0.3) is 0 Å². The fourth-order valence-corrected chi connectivity index (χ4v) is 2.60. The molecule has 0 unspecified atom stereocenters. The molecule has 140 valence electrons. The molecule has 2 rings (SSSR count). The summed E-state index contributed by atoms with van der Waals surface area (Å²) in [6.07, 6.45) is -0.0337. The van der Waals surface area contributed by atoms with Crippen LogP contribution in [0.1, 0.15) is 36.6 Å². The molecule has 0 aliphatic carbocycles. The van der Waals surface area contributed by atoms with Gasteiger partial charge in [-0.2, -0.15) is 0 Å². The predicted molar refractivity (Wildman–Crippen MR) is 101 cm³/mol. The van der Waals surface area contributed by atoms with Gasteiger partial charge in [-0.15, -0.1) is 0 Å². The summed E-state index contributed by atoms with van der Waals surface area (Å²) < 4.78 is 10.2. The van der Waals surface area contributed by atoms with E-state index < -0.39 is 6.10 Å². The number of carbonyl (C=O) groups is 1. The van der Waals surface area contributed by atoms with Gasteiger partial charge in [-0.1, -0.05) is 31.2 Å². The van der Waals surface area contributed by atoms with Crippen LogP contribution in [-0.2, 0) is 0 Å². The third kappa shape index (κ3) is 5.39. The number of aliphatic hydroxyl groups is 1. The summed E-state index contributed by atoms with van der Waals surface area (Å²) in [4.78, 5) is 12.2. The van der Waals surface area contributed by atoms with Crippen molar-refractivity contribution in [3.05, 3.63) is 59.7 Å². The van der Waals surface area contributed by atoms with Gasteiger partial charge in [0.05, 0.1) is 26.4 Å². The molecule has 0 spiro atoms. The molecule has 0 saturated heterocycles. The molecular formula is C20H26N2O4. The van der Waals surface area contributed by atoms with Gasteiger partial charge >= 0.3 is 6.03 Å². The van der Waals surface area contributed by atoms with E-state index >= 15 is 0 Å². The molecule has 6 heteroatoms. The molecule has 6 nitrogen and oxygen atoms in total. The average molecular weight is 358 g/mol. The summed E-state index contributed by atoms with van der Waals surface area (Å²) in [6, 6.07) is 14.3. The summed E-state index contributed by atoms with van der Waals surface area (Å²) in [5, 5.41) is 15.8. The maximum Gasteiger partial charge on any atom is 0.315 e. The molecule has 2 aromatic carbocycles. The lowest BCUT2D eigenvalue weighted by Gasteiger charge is -2.19. The highest BCUT2D eigenvalue weighted by Gasteiger charge is 2.14. The summed E-state index contributed by atoms with van der Waals surface area (Å²) in [5.41, 5.74) is 1.72. The fourth-order valence-electron chi connectivity index (χ4n) is 2.60. The molecule has 0 heterocycles. The number of urea groups is 1. The SMILES string of the molecule is CC[C@H](NC(=O)NC[C@H](O)c1ccc(OC)cc1)c1ccc(OC)cc1. The van der Waals surface area contributed by atoms with Crippen molar-refractivity contribution in [3.63, 3.8) is 0 Å². The van der Waals surface area contributed by atoms with Crippen LogP contribution in [0.2, 0.25) is 0 Å². The second kappa shape index (κ2) is 9.68. The maximum absolute atomic E-state index is 12.2. The number of hydrogen-bond acceptors (Lipinski definition) is 4. The van der Waals surface area contributed by atoms with Gasteiger partial charge in [0.25, 0.3) is 0 Å². The van der Waals surface area contributed by atoms with E-state index in [2.05, 4.69) is 10.6 Å². The molecule has 26 heavy (non-hydrogen) atoms. The number of rotatable bonds is 8. The predicted octanol–water partition coefficient (Wildman–Crippen LogP) is 3.19. The third-order valence-corrected chi connectivity index (χ3v) is 4.19. The number of benzene rings is 2. The van der Waals surface area contributed by atoms with Gasteiger partial charge in [-0.3, -0.25) is 0 Å². The van der Waals surface area contributed by atoms with Gasteiger partial charge in [0, 0.05) is 6.54 Å². The number of hydrogen-bond donors (Lipinski definition) is 3. The summed E-state index contributed by atoms with van der Waals surface area (Å²) in [7, 11) is 3.20. The normalized spacial score (nSPS) is 12.8. The zero-order chi connectivity index (χ0) is 18.9. The molecule has 2 amide bonds. The van der Waals surface area contributed by atoms with Crippen molar-refractivity contribution in [2.75, 3.05) is 20.8 Å². The van der Waals surface area contributed by atoms with Crippen LogP contribution in [0.3, 0.4) is 0 Å². The van der Waals surface area contributed by atoms with Crippen molar-refractivity contribution in [2.24, 2.45) is 0 Å². The molecule has 2 atom stereocenters. The smallest absolute Gasteiger partial charge is 0.315 e. The molecule has 0 saturated carbocycles. The first-order valence-electron chi connectivity index (χ1n) is 8.57. The second-order valence-corrected chi connectivity index (χ2v) is 5.88. The van der Waals surface area contributed by atoms with Crippen molar-refractivity contribution in [2.45, 2.75) is 25.5 Å². The first-order chi connectivity index (χ1) is 12.6. The van der Waals surface area contributed by atoms with E-state index in [1.807, 2.05) is 31.2 Å². The Hall–Kier alpha value is -2.73. The lowest BCUT2D eigenvalue weighted by atomic mass is 10.0. The van der Waals surface area contributed by atoms with Gasteiger partial charge in [0.2, 0.25) is 0 Å². The average Bonchev–Trinajstić information content (AvgIpc) is 2.70. The Morgan fingerprint density at radius 2 is 1.46 bits per heavy atom. The van der Waals surface area contributed by atoms with Crippen LogP contribution in [0.4, 0.5) is 4.79 Å². The van der Waals surface area contributed by atoms with Gasteiger partial charge in [-0.25, -0.2) is 4.79 Å². The van der Waals surface area contributed by atoms with E-state index in [1.54, 1.807) is 38.5 Å². The minimum absolute atomic E-state index is 0.112. The zero-order valence-corrected chi connectivity index (χ0v) is 15.4. The summed E-state index contributed by atoms with van der Waals surface area (Å²) >= 11 is 0. The highest BCUT2D eigenvalue weighted by atomic mass is 16.5. The molecule has 0 fully saturated rings. The molecular weight excluding hydrogens is 332 g/mol. The number of carbonyl (C=O) groups excluding carboxylic acids is 1. The van der Waals surface area contributed by atoms with E-state index in [0.717, 1.165) is 23.5 Å². The standard InChI is InChI=1S/C20H26N2O4/c1-4-18(14-5-9-16(25-2)10-6-14)22-20(24)21-13-19(23)15-7-11-17(26-3)12-8-15/h5-12,18-19,23H,4,13H2,1-3H3,(H2,21,22,24)/t18-,19-/m0/s1. The minimum Gasteiger partial charge on any atom is -0.497 e. The van der Waals surface area contributed by atoms with E-state index in [0.29, 0.717) is 5.56 Å². The summed E-state index contributed by atoms with van der Waals surface area (Å²) in [5.74, 6) is 1.49. The zero-order valence-electron chi connectivity index (χ0n) is 15.4. The first kappa shape index (κ1) is 19.6. The minimum atomic E-state index is -0.785. The Kier molecular flexibility index (Phi) is 7.29. The van der Waals surface area contributed by atoms with Crippen LogP contribution in [0.15, 0.2) is 48.5 Å². The molecule has 0 aliphatic rings. The molecule has 0 aromatic heterocycles. The Bertz CT molecular complexity index is 686. The van der Waals surface area contributed by atoms with Gasteiger partial charge < -0.3 is 25.2 Å². The van der Waals surface area contributed by atoms with Crippen molar-refractivity contribution >= 4 is 6.03 Å². The van der Waals surface area contributed by atoms with Crippen LogP contribution < -0.4 is 20.1 Å². The topological polar surface area (TPSA) is 79.8 Å². The van der Waals surface area contributed by atoms with E-state index in [9.17, 15) is 9.90 Å². The third-order valence-electron chi connectivity index (χ3n) is 4.19. The van der Waals surface area contributed by atoms with Crippen LogP contribution in [0, 0.1) is 0 Å². The fraction of sp³-hybridized carbons (Fsp3) is 0.350. The highest BCUT2D eigenvalue weighted by Crippen LogP contribution is 2.20. The van der Waals surface area contributed by atoms with Gasteiger partial charge in [0.1, 0.15) is 11.5 Å². The van der Waals surface area contributed by atoms with Crippen LogP contribution in [-0.4, -0.2) is 31.9 Å².